The fraction of sp³-hybridized carbons (Fsp3) is 0.333. The summed E-state index contributed by atoms with van der Waals surface area (Å²) >= 11 is 0. The zero-order chi connectivity index (χ0) is 28.1. The topological polar surface area (TPSA) is 158 Å². The van der Waals surface area contributed by atoms with Crippen molar-refractivity contribution in [1.82, 2.24) is 24.4 Å². The molecule has 38 heavy (non-hydrogen) atoms. The van der Waals surface area contributed by atoms with E-state index in [-0.39, 0.29) is 30.5 Å². The molecule has 0 atom stereocenters. The number of pyridine rings is 1. The van der Waals surface area contributed by atoms with E-state index in [2.05, 4.69) is 19.7 Å². The molecule has 0 spiro atoms. The van der Waals surface area contributed by atoms with Crippen molar-refractivity contribution >= 4 is 22.3 Å². The maximum absolute atomic E-state index is 13.5. The monoisotopic (exact) mass is 550 g/mol. The lowest BCUT2D eigenvalue weighted by molar-refractivity contribution is 0.0569. The minimum absolute atomic E-state index is 0.0542. The van der Waals surface area contributed by atoms with Crippen molar-refractivity contribution in [1.29, 1.82) is 0 Å². The van der Waals surface area contributed by atoms with Gasteiger partial charge in [0.25, 0.3) is 6.43 Å². The second-order valence-corrected chi connectivity index (χ2v) is 10.5. The Morgan fingerprint density at radius 1 is 1.08 bits per heavy atom. The Kier molecular flexibility index (Phi) is 8.78. The van der Waals surface area contributed by atoms with Crippen molar-refractivity contribution in [2.45, 2.75) is 39.7 Å². The first-order chi connectivity index (χ1) is 17.7. The minimum atomic E-state index is -4.25. The third-order valence-corrected chi connectivity index (χ3v) is 5.69. The molecule has 2 aromatic heterocycles. The number of nitrogens with one attached hydrogen (secondary N) is 2. The number of benzene rings is 1. The maximum atomic E-state index is 13.5. The summed E-state index contributed by atoms with van der Waals surface area (Å²) in [6.07, 6.45) is -3.97. The summed E-state index contributed by atoms with van der Waals surface area (Å²) < 4.78 is 65.9. The summed E-state index contributed by atoms with van der Waals surface area (Å²) in [6, 6.07) is 11.6. The van der Waals surface area contributed by atoms with Gasteiger partial charge in [0.1, 0.15) is 17.9 Å². The number of amides is 1. The highest BCUT2D eigenvalue weighted by atomic mass is 32.2. The van der Waals surface area contributed by atoms with Crippen molar-refractivity contribution < 1.29 is 31.5 Å². The number of rotatable bonds is 9. The Bertz CT molecular complexity index is 1400. The van der Waals surface area contributed by atoms with Gasteiger partial charge in [0.05, 0.1) is 11.3 Å². The maximum Gasteiger partial charge on any atom is 0.422 e. The van der Waals surface area contributed by atoms with Crippen LogP contribution < -0.4 is 19.9 Å². The zero-order valence-electron chi connectivity index (χ0n) is 21.2. The molecule has 3 rings (SSSR count). The lowest BCUT2D eigenvalue weighted by atomic mass is 9.99. The summed E-state index contributed by atoms with van der Waals surface area (Å²) in [6.45, 7) is 5.80. The van der Waals surface area contributed by atoms with Crippen LogP contribution in [0.2, 0.25) is 0 Å². The van der Waals surface area contributed by atoms with E-state index < -0.39 is 34.0 Å². The van der Waals surface area contributed by atoms with E-state index >= 15 is 0 Å². The Hall–Kier alpha value is -3.91. The van der Waals surface area contributed by atoms with Gasteiger partial charge in [-0.25, -0.2) is 23.3 Å². The molecule has 1 amide bonds. The van der Waals surface area contributed by atoms with Crippen LogP contribution >= 0.6 is 0 Å². The van der Waals surface area contributed by atoms with Gasteiger partial charge >= 0.3 is 16.3 Å². The van der Waals surface area contributed by atoms with Gasteiger partial charge in [-0.3, -0.25) is 4.98 Å². The van der Waals surface area contributed by atoms with Crippen molar-refractivity contribution in [2.24, 2.45) is 0 Å². The van der Waals surface area contributed by atoms with Crippen LogP contribution in [0.5, 0.6) is 5.88 Å². The number of aromatic nitrogens is 3. The van der Waals surface area contributed by atoms with E-state index in [1.54, 1.807) is 68.8 Å². The Morgan fingerprint density at radius 3 is 2.39 bits per heavy atom. The number of nitrogen functional groups attached to an aromatic ring is 1. The number of anilines is 1. The number of alkyl halides is 2. The van der Waals surface area contributed by atoms with E-state index in [1.165, 1.54) is 6.07 Å². The largest absolute Gasteiger partial charge is 0.476 e. The number of halogens is 2. The molecular weight excluding hydrogens is 522 g/mol. The van der Waals surface area contributed by atoms with Gasteiger partial charge in [-0.2, -0.15) is 18.1 Å². The second kappa shape index (κ2) is 11.6. The van der Waals surface area contributed by atoms with Crippen LogP contribution in [-0.4, -0.2) is 48.2 Å². The van der Waals surface area contributed by atoms with E-state index in [0.29, 0.717) is 22.5 Å². The third-order valence-electron chi connectivity index (χ3n) is 4.68. The molecule has 0 bridgehead atoms. The summed E-state index contributed by atoms with van der Waals surface area (Å²) in [5.41, 5.74) is 6.46. The Morgan fingerprint density at radius 2 is 1.76 bits per heavy atom. The van der Waals surface area contributed by atoms with Crippen molar-refractivity contribution in [3.63, 3.8) is 0 Å². The van der Waals surface area contributed by atoms with Gasteiger partial charge < -0.3 is 15.2 Å². The average molecular weight is 551 g/mol. The van der Waals surface area contributed by atoms with Gasteiger partial charge in [-0.05, 0) is 45.4 Å². The lowest BCUT2D eigenvalue weighted by Crippen LogP contribution is -2.43. The van der Waals surface area contributed by atoms with Gasteiger partial charge in [0.15, 0.2) is 0 Å². The van der Waals surface area contributed by atoms with Crippen LogP contribution in [0.4, 0.5) is 19.5 Å². The summed E-state index contributed by atoms with van der Waals surface area (Å²) in [5.74, 6) is -0.198. The number of carbonyl (C=O) groups excluding carboxylic acids is 1. The van der Waals surface area contributed by atoms with Crippen LogP contribution in [-0.2, 0) is 14.9 Å². The summed E-state index contributed by atoms with van der Waals surface area (Å²) in [7, 11) is -4.25. The van der Waals surface area contributed by atoms with E-state index in [9.17, 15) is 22.0 Å². The SMILES string of the molecule is Cc1cc(-c2c(OCCNS(=O)(=O)NC(=O)OC(C)(C)C)nc(N)nc2-c2ccccc2)cc(C(F)F)n1. The van der Waals surface area contributed by atoms with Crippen molar-refractivity contribution in [3.05, 3.63) is 53.9 Å². The van der Waals surface area contributed by atoms with Crippen LogP contribution in [0.1, 0.15) is 38.6 Å². The predicted molar refractivity (Wildman–Crippen MR) is 137 cm³/mol. The van der Waals surface area contributed by atoms with Gasteiger partial charge in [-0.1, -0.05) is 30.3 Å². The highest BCUT2D eigenvalue weighted by Crippen LogP contribution is 2.38. The first-order valence-corrected chi connectivity index (χ1v) is 12.9. The fourth-order valence-electron chi connectivity index (χ4n) is 3.35. The molecular formula is C24H28F2N6O5S. The number of hydrogen-bond acceptors (Lipinski definition) is 9. The fourth-order valence-corrected chi connectivity index (χ4v) is 4.03. The number of hydrogen-bond donors (Lipinski definition) is 3. The molecule has 0 aliphatic rings. The van der Waals surface area contributed by atoms with Crippen molar-refractivity contribution in [3.8, 4) is 28.3 Å². The normalized spacial score (nSPS) is 11.9. The van der Waals surface area contributed by atoms with Crippen LogP contribution in [0.25, 0.3) is 22.4 Å². The molecule has 0 saturated heterocycles. The summed E-state index contributed by atoms with van der Waals surface area (Å²) in [4.78, 5) is 24.1. The quantitative estimate of drug-likeness (QED) is 0.337. The second-order valence-electron chi connectivity index (χ2n) is 9.05. The molecule has 0 aliphatic carbocycles. The molecule has 2 heterocycles. The standard InChI is InChI=1S/C24H28F2N6O5S/c1-14-12-16(13-17(29-14)20(25)26)18-19(15-8-6-5-7-9-15)30-22(27)31-21(18)36-11-10-28-38(34,35)32-23(33)37-24(2,3)4/h5-9,12-13,20,28H,10-11H2,1-4H3,(H,32,33)(H2,27,30,31). The van der Waals surface area contributed by atoms with Crippen LogP contribution in [0.15, 0.2) is 42.5 Å². The Labute approximate surface area is 219 Å². The van der Waals surface area contributed by atoms with E-state index in [1.807, 2.05) is 0 Å². The smallest absolute Gasteiger partial charge is 0.422 e. The number of ether oxygens (including phenoxy) is 2. The first-order valence-electron chi connectivity index (χ1n) is 11.4. The molecule has 3 aromatic rings. The van der Waals surface area contributed by atoms with E-state index in [0.717, 1.165) is 0 Å². The van der Waals surface area contributed by atoms with Crippen LogP contribution in [0, 0.1) is 6.92 Å². The molecule has 0 fully saturated rings. The molecule has 1 aromatic carbocycles. The predicted octanol–water partition coefficient (Wildman–Crippen LogP) is 3.77. The summed E-state index contributed by atoms with van der Waals surface area (Å²) in [5, 5.41) is 0. The first kappa shape index (κ1) is 28.7. The average Bonchev–Trinajstić information content (AvgIpc) is 2.80. The molecule has 11 nitrogen and oxygen atoms in total. The van der Waals surface area contributed by atoms with E-state index in [4.69, 9.17) is 15.2 Å². The molecule has 14 heteroatoms. The van der Waals surface area contributed by atoms with Crippen LogP contribution in [0.3, 0.4) is 0 Å². The highest BCUT2D eigenvalue weighted by molar-refractivity contribution is 7.88. The van der Waals surface area contributed by atoms with Gasteiger partial charge in [-0.15, -0.1) is 0 Å². The zero-order valence-corrected chi connectivity index (χ0v) is 22.0. The number of nitrogens with two attached hydrogens (primary N) is 1. The van der Waals surface area contributed by atoms with Crippen molar-refractivity contribution in [2.75, 3.05) is 18.9 Å². The molecule has 204 valence electrons. The lowest BCUT2D eigenvalue weighted by Gasteiger charge is -2.19. The minimum Gasteiger partial charge on any atom is -0.476 e. The molecule has 0 aliphatic heterocycles. The molecule has 0 unspecified atom stereocenters. The third kappa shape index (κ3) is 8.05. The highest BCUT2D eigenvalue weighted by Gasteiger charge is 2.23. The number of nitrogens with zero attached hydrogens (tertiary/aromatic N) is 3. The Balaban J connectivity index is 1.90. The van der Waals surface area contributed by atoms with Gasteiger partial charge in [0, 0.05) is 17.8 Å². The molecule has 0 radical (unpaired) electrons. The van der Waals surface area contributed by atoms with Gasteiger partial charge in [0.2, 0.25) is 11.8 Å². The number of carbonyl (C=O) groups is 1. The number of aryl methyl sites for hydroxylation is 1. The molecule has 0 saturated carbocycles. The molecule has 4 N–H and O–H groups in total.